The first-order chi connectivity index (χ1) is 10.0. The minimum Gasteiger partial charge on any atom is -0.368 e. The number of carbonyl (C=O) groups is 1. The summed E-state index contributed by atoms with van der Waals surface area (Å²) in [5.41, 5.74) is 5.01. The van der Waals surface area contributed by atoms with E-state index < -0.39 is 5.54 Å². The molecule has 1 unspecified atom stereocenters. The minimum absolute atomic E-state index is 0.242. The molecule has 1 aliphatic carbocycles. The van der Waals surface area contributed by atoms with Crippen LogP contribution >= 0.6 is 0 Å². The van der Waals surface area contributed by atoms with Gasteiger partial charge in [0.15, 0.2) is 0 Å². The summed E-state index contributed by atoms with van der Waals surface area (Å²) >= 11 is 0. The highest BCUT2D eigenvalue weighted by Crippen LogP contribution is 2.24. The molecule has 5 heteroatoms. The predicted molar refractivity (Wildman–Crippen MR) is 86.2 cm³/mol. The van der Waals surface area contributed by atoms with Gasteiger partial charge in [-0.3, -0.25) is 14.6 Å². The molecule has 0 aromatic rings. The highest BCUT2D eigenvalue weighted by Gasteiger charge is 2.34. The summed E-state index contributed by atoms with van der Waals surface area (Å²) in [5, 5.41) is 3.33. The standard InChI is InChI=1S/C16H32N4O/c1-3-8-18-16(2,15(17)21)13-19-9-11-20(12-10-19)14-6-4-5-7-14/h14,18H,3-13H2,1-2H3,(H2,17,21). The second-order valence-corrected chi connectivity index (χ2v) is 6.87. The van der Waals surface area contributed by atoms with Gasteiger partial charge in [0.25, 0.3) is 0 Å². The fourth-order valence-electron chi connectivity index (χ4n) is 3.63. The van der Waals surface area contributed by atoms with Crippen LogP contribution in [0.4, 0.5) is 0 Å². The van der Waals surface area contributed by atoms with Crippen molar-refractivity contribution in [3.8, 4) is 0 Å². The normalized spacial score (nSPS) is 25.0. The Hall–Kier alpha value is -0.650. The van der Waals surface area contributed by atoms with Crippen molar-refractivity contribution in [2.24, 2.45) is 5.73 Å². The number of hydrogen-bond acceptors (Lipinski definition) is 4. The van der Waals surface area contributed by atoms with Crippen LogP contribution in [0.15, 0.2) is 0 Å². The first kappa shape index (κ1) is 16.7. The Morgan fingerprint density at radius 1 is 1.24 bits per heavy atom. The molecule has 1 saturated heterocycles. The smallest absolute Gasteiger partial charge is 0.238 e. The number of carbonyl (C=O) groups excluding carboxylic acids is 1. The lowest BCUT2D eigenvalue weighted by Gasteiger charge is -2.41. The lowest BCUT2D eigenvalue weighted by molar-refractivity contribution is -0.124. The number of nitrogens with zero attached hydrogens (tertiary/aromatic N) is 2. The van der Waals surface area contributed by atoms with Crippen molar-refractivity contribution in [3.63, 3.8) is 0 Å². The quantitative estimate of drug-likeness (QED) is 0.729. The third-order valence-electron chi connectivity index (χ3n) is 5.10. The van der Waals surface area contributed by atoms with Crippen molar-refractivity contribution >= 4 is 5.91 Å². The highest BCUT2D eigenvalue weighted by molar-refractivity contribution is 5.84. The van der Waals surface area contributed by atoms with E-state index in [0.29, 0.717) is 0 Å². The number of rotatable bonds is 7. The first-order valence-electron chi connectivity index (χ1n) is 8.56. The molecule has 1 aliphatic heterocycles. The van der Waals surface area contributed by atoms with Gasteiger partial charge in [0.1, 0.15) is 5.54 Å². The summed E-state index contributed by atoms with van der Waals surface area (Å²) in [6.07, 6.45) is 6.55. The molecule has 1 atom stereocenters. The summed E-state index contributed by atoms with van der Waals surface area (Å²) < 4.78 is 0. The van der Waals surface area contributed by atoms with Crippen molar-refractivity contribution in [3.05, 3.63) is 0 Å². The summed E-state index contributed by atoms with van der Waals surface area (Å²) in [4.78, 5) is 16.8. The molecule has 0 bridgehead atoms. The van der Waals surface area contributed by atoms with Gasteiger partial charge in [-0.25, -0.2) is 0 Å². The van der Waals surface area contributed by atoms with Crippen LogP contribution in [-0.4, -0.2) is 66.6 Å². The Morgan fingerprint density at radius 2 is 1.86 bits per heavy atom. The number of amides is 1. The molecule has 0 spiro atoms. The van der Waals surface area contributed by atoms with Gasteiger partial charge >= 0.3 is 0 Å². The molecule has 1 saturated carbocycles. The topological polar surface area (TPSA) is 61.6 Å². The van der Waals surface area contributed by atoms with Gasteiger partial charge in [-0.1, -0.05) is 19.8 Å². The number of nitrogens with two attached hydrogens (primary N) is 1. The van der Waals surface area contributed by atoms with Gasteiger partial charge in [0.2, 0.25) is 5.91 Å². The Kier molecular flexibility index (Phi) is 6.02. The Morgan fingerprint density at radius 3 is 2.38 bits per heavy atom. The largest absolute Gasteiger partial charge is 0.368 e. The molecule has 2 fully saturated rings. The number of piperazine rings is 1. The molecule has 3 N–H and O–H groups in total. The van der Waals surface area contributed by atoms with Crippen LogP contribution in [0, 0.1) is 0 Å². The molecule has 2 rings (SSSR count). The Bertz CT molecular complexity index is 335. The van der Waals surface area contributed by atoms with Crippen molar-refractivity contribution < 1.29 is 4.79 Å². The lowest BCUT2D eigenvalue weighted by atomic mass is 9.99. The Labute approximate surface area is 129 Å². The van der Waals surface area contributed by atoms with E-state index >= 15 is 0 Å². The van der Waals surface area contributed by atoms with E-state index in [4.69, 9.17) is 5.73 Å². The predicted octanol–water partition coefficient (Wildman–Crippen LogP) is 0.790. The van der Waals surface area contributed by atoms with Crippen molar-refractivity contribution in [1.29, 1.82) is 0 Å². The second-order valence-electron chi connectivity index (χ2n) is 6.87. The summed E-state index contributed by atoms with van der Waals surface area (Å²) in [6.45, 7) is 9.96. The third kappa shape index (κ3) is 4.41. The van der Waals surface area contributed by atoms with Crippen LogP contribution in [0.5, 0.6) is 0 Å². The minimum atomic E-state index is -0.606. The molecule has 0 aromatic carbocycles. The zero-order valence-corrected chi connectivity index (χ0v) is 13.7. The van der Waals surface area contributed by atoms with E-state index in [-0.39, 0.29) is 5.91 Å². The van der Waals surface area contributed by atoms with E-state index in [2.05, 4.69) is 22.0 Å². The zero-order chi connectivity index (χ0) is 15.3. The summed E-state index contributed by atoms with van der Waals surface area (Å²) in [7, 11) is 0. The van der Waals surface area contributed by atoms with Gasteiger partial charge in [0, 0.05) is 38.8 Å². The molecule has 122 valence electrons. The maximum Gasteiger partial charge on any atom is 0.238 e. The number of hydrogen-bond donors (Lipinski definition) is 2. The van der Waals surface area contributed by atoms with Crippen LogP contribution in [-0.2, 0) is 4.79 Å². The molecular weight excluding hydrogens is 264 g/mol. The lowest BCUT2D eigenvalue weighted by Crippen LogP contribution is -2.62. The van der Waals surface area contributed by atoms with Gasteiger partial charge in [-0.2, -0.15) is 0 Å². The number of nitrogens with one attached hydrogen (secondary N) is 1. The van der Waals surface area contributed by atoms with Crippen LogP contribution in [0.3, 0.4) is 0 Å². The second kappa shape index (κ2) is 7.56. The monoisotopic (exact) mass is 296 g/mol. The van der Waals surface area contributed by atoms with Crippen LogP contribution in [0.2, 0.25) is 0 Å². The Balaban J connectivity index is 1.81. The molecule has 0 radical (unpaired) electrons. The van der Waals surface area contributed by atoms with E-state index in [1.54, 1.807) is 0 Å². The van der Waals surface area contributed by atoms with Crippen LogP contribution < -0.4 is 11.1 Å². The molecule has 1 amide bonds. The van der Waals surface area contributed by atoms with E-state index in [1.165, 1.54) is 25.7 Å². The molecule has 0 aromatic heterocycles. The average molecular weight is 296 g/mol. The first-order valence-corrected chi connectivity index (χ1v) is 8.56. The summed E-state index contributed by atoms with van der Waals surface area (Å²) in [5.74, 6) is -0.242. The molecule has 1 heterocycles. The van der Waals surface area contributed by atoms with Crippen molar-refractivity contribution in [2.75, 3.05) is 39.3 Å². The van der Waals surface area contributed by atoms with Crippen molar-refractivity contribution in [1.82, 2.24) is 15.1 Å². The molecule has 5 nitrogen and oxygen atoms in total. The van der Waals surface area contributed by atoms with Gasteiger partial charge in [0.05, 0.1) is 0 Å². The molecule has 21 heavy (non-hydrogen) atoms. The maximum atomic E-state index is 11.8. The van der Waals surface area contributed by atoms with Gasteiger partial charge < -0.3 is 11.1 Å². The maximum absolute atomic E-state index is 11.8. The van der Waals surface area contributed by atoms with Crippen molar-refractivity contribution in [2.45, 2.75) is 57.5 Å². The SMILES string of the molecule is CCCNC(C)(CN1CCN(C2CCCC2)CC1)C(N)=O. The van der Waals surface area contributed by atoms with Crippen LogP contribution in [0.25, 0.3) is 0 Å². The van der Waals surface area contributed by atoms with E-state index in [0.717, 1.165) is 51.7 Å². The molecule has 2 aliphatic rings. The average Bonchev–Trinajstić information content (AvgIpc) is 3.00. The van der Waals surface area contributed by atoms with Gasteiger partial charge in [-0.15, -0.1) is 0 Å². The van der Waals surface area contributed by atoms with Gasteiger partial charge in [-0.05, 0) is 32.7 Å². The fourth-order valence-corrected chi connectivity index (χ4v) is 3.63. The number of primary amides is 1. The highest BCUT2D eigenvalue weighted by atomic mass is 16.1. The summed E-state index contributed by atoms with van der Waals surface area (Å²) in [6, 6.07) is 0.813. The molecular formula is C16H32N4O. The third-order valence-corrected chi connectivity index (χ3v) is 5.10. The van der Waals surface area contributed by atoms with E-state index in [1.807, 2.05) is 6.92 Å². The fraction of sp³-hybridized carbons (Fsp3) is 0.938. The van der Waals surface area contributed by atoms with Crippen LogP contribution in [0.1, 0.15) is 46.0 Å². The zero-order valence-electron chi connectivity index (χ0n) is 13.7. The van der Waals surface area contributed by atoms with E-state index in [9.17, 15) is 4.79 Å².